The highest BCUT2D eigenvalue weighted by atomic mass is 16.5. The molecule has 94 valence electrons. The van der Waals surface area contributed by atoms with E-state index in [2.05, 4.69) is 0 Å². The molecule has 4 nitrogen and oxygen atoms in total. The fourth-order valence-electron chi connectivity index (χ4n) is 1.33. The van der Waals surface area contributed by atoms with Crippen molar-refractivity contribution < 1.29 is 14.6 Å². The predicted molar refractivity (Wildman–Crippen MR) is 66.8 cm³/mol. The first-order chi connectivity index (χ1) is 7.79. The molecule has 0 unspecified atom stereocenters. The molecule has 0 saturated heterocycles. The molecule has 0 atom stereocenters. The minimum atomic E-state index is -0.828. The third-order valence-corrected chi connectivity index (χ3v) is 2.43. The molecule has 1 aromatic carbocycles. The van der Waals surface area contributed by atoms with Crippen LogP contribution in [0.4, 0.5) is 5.69 Å². The molecule has 17 heavy (non-hydrogen) atoms. The van der Waals surface area contributed by atoms with Crippen molar-refractivity contribution in [3.63, 3.8) is 0 Å². The molecule has 0 aromatic heterocycles. The summed E-state index contributed by atoms with van der Waals surface area (Å²) in [4.78, 5) is 11.7. The first-order valence-electron chi connectivity index (χ1n) is 5.55. The number of esters is 1. The van der Waals surface area contributed by atoms with Gasteiger partial charge in [0.2, 0.25) is 0 Å². The van der Waals surface area contributed by atoms with E-state index in [4.69, 9.17) is 10.5 Å². The Hall–Kier alpha value is -1.55. The summed E-state index contributed by atoms with van der Waals surface area (Å²) < 4.78 is 5.09. The Morgan fingerprint density at radius 3 is 2.71 bits per heavy atom. The van der Waals surface area contributed by atoms with Crippen molar-refractivity contribution in [2.24, 2.45) is 0 Å². The third kappa shape index (κ3) is 4.44. The van der Waals surface area contributed by atoms with Gasteiger partial charge in [0.1, 0.15) is 0 Å². The van der Waals surface area contributed by atoms with E-state index in [1.807, 2.05) is 6.92 Å². The Balaban J connectivity index is 2.61. The summed E-state index contributed by atoms with van der Waals surface area (Å²) in [5.74, 6) is -0.404. The van der Waals surface area contributed by atoms with Crippen molar-refractivity contribution in [3.05, 3.63) is 29.3 Å². The molecular weight excluding hydrogens is 218 g/mol. The summed E-state index contributed by atoms with van der Waals surface area (Å²) in [5.41, 5.74) is 6.62. The fraction of sp³-hybridized carbons (Fsp3) is 0.462. The van der Waals surface area contributed by atoms with Crippen LogP contribution in [0.5, 0.6) is 0 Å². The highest BCUT2D eigenvalue weighted by Gasteiger charge is 2.15. The summed E-state index contributed by atoms with van der Waals surface area (Å²) in [6.45, 7) is 5.36. The molecule has 0 heterocycles. The van der Waals surface area contributed by atoms with Crippen molar-refractivity contribution in [1.29, 1.82) is 0 Å². The second-order valence-corrected chi connectivity index (χ2v) is 4.77. The minimum Gasteiger partial charge on any atom is -0.462 e. The largest absolute Gasteiger partial charge is 0.462 e. The van der Waals surface area contributed by atoms with Crippen molar-refractivity contribution >= 4 is 11.7 Å². The molecule has 3 N–H and O–H groups in total. The molecule has 0 amide bonds. The van der Waals surface area contributed by atoms with Gasteiger partial charge >= 0.3 is 5.97 Å². The summed E-state index contributed by atoms with van der Waals surface area (Å²) in [7, 11) is 0. The third-order valence-electron chi connectivity index (χ3n) is 2.43. The number of carbonyl (C=O) groups excluding carboxylic acids is 1. The van der Waals surface area contributed by atoms with Crippen LogP contribution in [0.1, 0.15) is 36.2 Å². The van der Waals surface area contributed by atoms with Crippen LogP contribution in [0.15, 0.2) is 18.2 Å². The van der Waals surface area contributed by atoms with Gasteiger partial charge in [-0.25, -0.2) is 4.79 Å². The topological polar surface area (TPSA) is 72.6 Å². The molecular formula is C13H19NO3. The van der Waals surface area contributed by atoms with Crippen LogP contribution < -0.4 is 5.73 Å². The Morgan fingerprint density at radius 2 is 2.12 bits per heavy atom. The first-order valence-corrected chi connectivity index (χ1v) is 5.55. The zero-order chi connectivity index (χ0) is 13.1. The molecule has 0 radical (unpaired) electrons. The van der Waals surface area contributed by atoms with Gasteiger partial charge in [0, 0.05) is 12.1 Å². The number of anilines is 1. The predicted octanol–water partition coefficient (Wildman–Crippen LogP) is 1.90. The average Bonchev–Trinajstić information content (AvgIpc) is 2.19. The first kappa shape index (κ1) is 13.5. The fourth-order valence-corrected chi connectivity index (χ4v) is 1.33. The Bertz CT molecular complexity index is 408. The van der Waals surface area contributed by atoms with Crippen molar-refractivity contribution in [1.82, 2.24) is 0 Å². The van der Waals surface area contributed by atoms with E-state index >= 15 is 0 Å². The number of aliphatic hydroxyl groups is 1. The van der Waals surface area contributed by atoms with Gasteiger partial charge in [-0.1, -0.05) is 6.07 Å². The number of hydrogen-bond donors (Lipinski definition) is 2. The summed E-state index contributed by atoms with van der Waals surface area (Å²) >= 11 is 0. The number of aryl methyl sites for hydroxylation is 1. The number of hydrogen-bond acceptors (Lipinski definition) is 4. The maximum absolute atomic E-state index is 11.7. The van der Waals surface area contributed by atoms with E-state index in [0.717, 1.165) is 5.56 Å². The van der Waals surface area contributed by atoms with Gasteiger partial charge in [-0.15, -0.1) is 0 Å². The average molecular weight is 237 g/mol. The summed E-state index contributed by atoms with van der Waals surface area (Å²) in [5, 5.41) is 9.49. The molecule has 1 aromatic rings. The Morgan fingerprint density at radius 1 is 1.47 bits per heavy atom. The lowest BCUT2D eigenvalue weighted by Crippen LogP contribution is -2.22. The molecule has 0 bridgehead atoms. The standard InChI is InChI=1S/C13H19NO3/c1-9-4-5-10(14)8-11(9)12(15)17-7-6-13(2,3)16/h4-5,8,16H,6-7,14H2,1-3H3. The zero-order valence-electron chi connectivity index (χ0n) is 10.5. The summed E-state index contributed by atoms with van der Waals surface area (Å²) in [6.07, 6.45) is 0.403. The minimum absolute atomic E-state index is 0.191. The zero-order valence-corrected chi connectivity index (χ0v) is 10.5. The Labute approximate surface area is 101 Å². The number of carbonyl (C=O) groups is 1. The van der Waals surface area contributed by atoms with Gasteiger partial charge in [-0.05, 0) is 38.5 Å². The van der Waals surface area contributed by atoms with Crippen LogP contribution in [0, 0.1) is 6.92 Å². The van der Waals surface area contributed by atoms with Crippen LogP contribution in [0.2, 0.25) is 0 Å². The van der Waals surface area contributed by atoms with Crippen LogP contribution in [0.25, 0.3) is 0 Å². The lowest BCUT2D eigenvalue weighted by molar-refractivity contribution is 0.0244. The van der Waals surface area contributed by atoms with Crippen LogP contribution in [0.3, 0.4) is 0 Å². The van der Waals surface area contributed by atoms with E-state index in [1.165, 1.54) is 0 Å². The lowest BCUT2D eigenvalue weighted by atomic mass is 10.1. The summed E-state index contributed by atoms with van der Waals surface area (Å²) in [6, 6.07) is 5.12. The van der Waals surface area contributed by atoms with E-state index < -0.39 is 11.6 Å². The lowest BCUT2D eigenvalue weighted by Gasteiger charge is -2.16. The number of ether oxygens (including phenoxy) is 1. The van der Waals surface area contributed by atoms with Crippen LogP contribution in [-0.2, 0) is 4.74 Å². The van der Waals surface area contributed by atoms with Crippen LogP contribution >= 0.6 is 0 Å². The van der Waals surface area contributed by atoms with Gasteiger partial charge in [0.25, 0.3) is 0 Å². The number of nitrogen functional groups attached to an aromatic ring is 1. The molecule has 0 aliphatic carbocycles. The van der Waals surface area contributed by atoms with Gasteiger partial charge in [-0.3, -0.25) is 0 Å². The van der Waals surface area contributed by atoms with Gasteiger partial charge in [0.15, 0.2) is 0 Å². The number of nitrogens with two attached hydrogens (primary N) is 1. The second kappa shape index (κ2) is 5.19. The van der Waals surface area contributed by atoms with Gasteiger partial charge in [0.05, 0.1) is 17.8 Å². The molecule has 0 aliphatic rings. The van der Waals surface area contributed by atoms with Crippen molar-refractivity contribution in [3.8, 4) is 0 Å². The highest BCUT2D eigenvalue weighted by molar-refractivity contribution is 5.92. The molecule has 0 spiro atoms. The maximum atomic E-state index is 11.7. The maximum Gasteiger partial charge on any atom is 0.338 e. The molecule has 1 rings (SSSR count). The monoisotopic (exact) mass is 237 g/mol. The van der Waals surface area contributed by atoms with Gasteiger partial charge in [-0.2, -0.15) is 0 Å². The number of rotatable bonds is 4. The van der Waals surface area contributed by atoms with Gasteiger partial charge < -0.3 is 15.6 Å². The van der Waals surface area contributed by atoms with E-state index in [1.54, 1.807) is 32.0 Å². The molecule has 0 fully saturated rings. The van der Waals surface area contributed by atoms with E-state index in [9.17, 15) is 9.90 Å². The SMILES string of the molecule is Cc1ccc(N)cc1C(=O)OCCC(C)(C)O. The number of benzene rings is 1. The van der Waals surface area contributed by atoms with E-state index in [0.29, 0.717) is 17.7 Å². The molecule has 4 heteroatoms. The van der Waals surface area contributed by atoms with Crippen molar-refractivity contribution in [2.45, 2.75) is 32.8 Å². The van der Waals surface area contributed by atoms with Crippen LogP contribution in [-0.4, -0.2) is 23.3 Å². The normalized spacial score (nSPS) is 11.3. The highest BCUT2D eigenvalue weighted by Crippen LogP contribution is 2.14. The smallest absolute Gasteiger partial charge is 0.338 e. The molecule has 0 aliphatic heterocycles. The van der Waals surface area contributed by atoms with E-state index in [-0.39, 0.29) is 6.61 Å². The quantitative estimate of drug-likeness (QED) is 0.619. The molecule has 0 saturated carbocycles. The second-order valence-electron chi connectivity index (χ2n) is 4.77. The Kier molecular flexibility index (Phi) is 4.12. The van der Waals surface area contributed by atoms with Crippen molar-refractivity contribution in [2.75, 3.05) is 12.3 Å².